The van der Waals surface area contributed by atoms with Gasteiger partial charge in [0.25, 0.3) is 5.91 Å². The lowest BCUT2D eigenvalue weighted by molar-refractivity contribution is -0.111. The zero-order valence-electron chi connectivity index (χ0n) is 7.38. The number of nitrogens with two attached hydrogens (primary N) is 1. The Morgan fingerprint density at radius 3 is 2.93 bits per heavy atom. The van der Waals surface area contributed by atoms with E-state index in [4.69, 9.17) is 23.8 Å². The number of nitrogens with one attached hydrogen (secondary N) is 1. The van der Waals surface area contributed by atoms with Crippen LogP contribution in [0.2, 0.25) is 5.02 Å². The minimum Gasteiger partial charge on any atom is -0.326 e. The van der Waals surface area contributed by atoms with Crippen LogP contribution in [0.3, 0.4) is 0 Å². The predicted molar refractivity (Wildman–Crippen MR) is 56.8 cm³/mol. The maximum absolute atomic E-state index is 10.9. The van der Waals surface area contributed by atoms with Crippen LogP contribution in [0.5, 0.6) is 0 Å². The molecule has 0 atom stereocenters. The SMILES string of the molecule is C#CC(=O)Nc1ccc(Cl)cc1CN. The molecule has 0 bridgehead atoms. The van der Waals surface area contributed by atoms with Crippen molar-refractivity contribution in [1.82, 2.24) is 0 Å². The minimum absolute atomic E-state index is 0.292. The molecular weight excluding hydrogens is 200 g/mol. The predicted octanol–water partition coefficient (Wildman–Crippen LogP) is 1.37. The highest BCUT2D eigenvalue weighted by atomic mass is 35.5. The molecule has 0 unspecified atom stereocenters. The van der Waals surface area contributed by atoms with E-state index in [9.17, 15) is 4.79 Å². The molecule has 0 heterocycles. The summed E-state index contributed by atoms with van der Waals surface area (Å²) >= 11 is 5.76. The lowest BCUT2D eigenvalue weighted by atomic mass is 10.2. The van der Waals surface area contributed by atoms with Crippen LogP contribution < -0.4 is 11.1 Å². The third-order valence-corrected chi connectivity index (χ3v) is 1.90. The number of amides is 1. The van der Waals surface area contributed by atoms with Crippen molar-refractivity contribution in [3.63, 3.8) is 0 Å². The van der Waals surface area contributed by atoms with E-state index in [0.29, 0.717) is 17.3 Å². The Labute approximate surface area is 87.2 Å². The summed E-state index contributed by atoms with van der Waals surface area (Å²) in [5.74, 6) is 1.46. The van der Waals surface area contributed by atoms with Gasteiger partial charge in [0.15, 0.2) is 0 Å². The minimum atomic E-state index is -0.498. The van der Waals surface area contributed by atoms with Gasteiger partial charge in [0.1, 0.15) is 0 Å². The van der Waals surface area contributed by atoms with Crippen LogP contribution in [-0.2, 0) is 11.3 Å². The van der Waals surface area contributed by atoms with E-state index in [2.05, 4.69) is 5.32 Å². The zero-order chi connectivity index (χ0) is 10.6. The molecule has 0 aromatic heterocycles. The Hall–Kier alpha value is -1.50. The molecule has 3 nitrogen and oxygen atoms in total. The summed E-state index contributed by atoms with van der Waals surface area (Å²) in [5, 5.41) is 3.10. The van der Waals surface area contributed by atoms with Crippen LogP contribution in [0.25, 0.3) is 0 Å². The molecule has 72 valence electrons. The third kappa shape index (κ3) is 2.49. The van der Waals surface area contributed by atoms with Crippen LogP contribution >= 0.6 is 11.6 Å². The fraction of sp³-hybridized carbons (Fsp3) is 0.100. The topological polar surface area (TPSA) is 55.1 Å². The van der Waals surface area contributed by atoms with Crippen LogP contribution in [0.1, 0.15) is 5.56 Å². The van der Waals surface area contributed by atoms with E-state index in [0.717, 1.165) is 5.56 Å². The molecule has 3 N–H and O–H groups in total. The fourth-order valence-electron chi connectivity index (χ4n) is 1.01. The fourth-order valence-corrected chi connectivity index (χ4v) is 1.21. The molecule has 1 aromatic rings. The number of anilines is 1. The number of carbonyl (C=O) groups is 1. The molecule has 0 fully saturated rings. The standard InChI is InChI=1S/C10H9ClN2O/c1-2-10(14)13-9-4-3-8(11)5-7(9)6-12/h1,3-5H,6,12H2,(H,13,14). The highest BCUT2D eigenvalue weighted by molar-refractivity contribution is 6.30. The Kier molecular flexibility index (Phi) is 3.52. The molecule has 1 rings (SSSR count). The molecule has 4 heteroatoms. The number of hydrogen-bond acceptors (Lipinski definition) is 2. The van der Waals surface area contributed by atoms with Crippen LogP contribution in [0.4, 0.5) is 5.69 Å². The molecule has 0 radical (unpaired) electrons. The second kappa shape index (κ2) is 4.66. The highest BCUT2D eigenvalue weighted by Crippen LogP contribution is 2.19. The Balaban J connectivity index is 2.97. The average molecular weight is 209 g/mol. The summed E-state index contributed by atoms with van der Waals surface area (Å²) < 4.78 is 0. The molecule has 0 spiro atoms. The summed E-state index contributed by atoms with van der Waals surface area (Å²) in [7, 11) is 0. The van der Waals surface area contributed by atoms with Crippen molar-refractivity contribution in [2.24, 2.45) is 5.73 Å². The highest BCUT2D eigenvalue weighted by Gasteiger charge is 2.03. The molecule has 0 aliphatic heterocycles. The number of terminal acetylenes is 1. The monoisotopic (exact) mass is 208 g/mol. The number of benzene rings is 1. The first-order valence-electron chi connectivity index (χ1n) is 3.93. The van der Waals surface area contributed by atoms with Crippen molar-refractivity contribution < 1.29 is 4.79 Å². The largest absolute Gasteiger partial charge is 0.326 e. The van der Waals surface area contributed by atoms with Crippen molar-refractivity contribution >= 4 is 23.2 Å². The van der Waals surface area contributed by atoms with Crippen molar-refractivity contribution in [3.05, 3.63) is 28.8 Å². The van der Waals surface area contributed by atoms with E-state index in [1.54, 1.807) is 18.2 Å². The van der Waals surface area contributed by atoms with E-state index >= 15 is 0 Å². The Bertz CT molecular complexity index is 396. The number of halogens is 1. The van der Waals surface area contributed by atoms with Gasteiger partial charge < -0.3 is 11.1 Å². The van der Waals surface area contributed by atoms with Gasteiger partial charge >= 0.3 is 0 Å². The zero-order valence-corrected chi connectivity index (χ0v) is 8.14. The van der Waals surface area contributed by atoms with Gasteiger partial charge in [-0.3, -0.25) is 4.79 Å². The average Bonchev–Trinajstić information content (AvgIpc) is 2.20. The quantitative estimate of drug-likeness (QED) is 0.722. The Morgan fingerprint density at radius 2 is 2.36 bits per heavy atom. The molecular formula is C10H9ClN2O. The molecule has 0 saturated heterocycles. The van der Waals surface area contributed by atoms with Crippen molar-refractivity contribution in [2.75, 3.05) is 5.32 Å². The summed E-state index contributed by atoms with van der Waals surface area (Å²) in [6.07, 6.45) is 4.92. The molecule has 0 saturated carbocycles. The van der Waals surface area contributed by atoms with E-state index in [1.165, 1.54) is 0 Å². The van der Waals surface area contributed by atoms with Gasteiger partial charge in [-0.25, -0.2) is 0 Å². The van der Waals surface area contributed by atoms with Gasteiger partial charge in [-0.05, 0) is 29.7 Å². The van der Waals surface area contributed by atoms with Crippen molar-refractivity contribution in [1.29, 1.82) is 0 Å². The first kappa shape index (κ1) is 10.6. The van der Waals surface area contributed by atoms with Gasteiger partial charge in [-0.2, -0.15) is 0 Å². The number of hydrogen-bond donors (Lipinski definition) is 2. The van der Waals surface area contributed by atoms with Gasteiger partial charge in [-0.1, -0.05) is 11.6 Å². The second-order valence-electron chi connectivity index (χ2n) is 2.60. The molecule has 0 aliphatic carbocycles. The van der Waals surface area contributed by atoms with E-state index in [-0.39, 0.29) is 0 Å². The molecule has 1 amide bonds. The third-order valence-electron chi connectivity index (χ3n) is 1.67. The maximum Gasteiger partial charge on any atom is 0.300 e. The lowest BCUT2D eigenvalue weighted by Crippen LogP contribution is -2.11. The van der Waals surface area contributed by atoms with Crippen LogP contribution in [0.15, 0.2) is 18.2 Å². The molecule has 14 heavy (non-hydrogen) atoms. The summed E-state index contributed by atoms with van der Waals surface area (Å²) in [4.78, 5) is 10.9. The number of rotatable bonds is 2. The molecule has 1 aromatic carbocycles. The Morgan fingerprint density at radius 1 is 1.64 bits per heavy atom. The smallest absolute Gasteiger partial charge is 0.300 e. The normalized spacial score (nSPS) is 9.21. The second-order valence-corrected chi connectivity index (χ2v) is 3.04. The van der Waals surface area contributed by atoms with Gasteiger partial charge in [0, 0.05) is 17.3 Å². The first-order chi connectivity index (χ1) is 6.67. The summed E-state index contributed by atoms with van der Waals surface area (Å²) in [5.41, 5.74) is 6.82. The maximum atomic E-state index is 10.9. The van der Waals surface area contributed by atoms with Gasteiger partial charge in [-0.15, -0.1) is 6.42 Å². The lowest BCUT2D eigenvalue weighted by Gasteiger charge is -2.07. The van der Waals surface area contributed by atoms with E-state index < -0.39 is 5.91 Å². The van der Waals surface area contributed by atoms with Crippen LogP contribution in [0, 0.1) is 12.3 Å². The molecule has 0 aliphatic rings. The van der Waals surface area contributed by atoms with Crippen molar-refractivity contribution in [2.45, 2.75) is 6.54 Å². The summed E-state index contributed by atoms with van der Waals surface area (Å²) in [6.45, 7) is 0.292. The van der Waals surface area contributed by atoms with Crippen LogP contribution in [-0.4, -0.2) is 5.91 Å². The van der Waals surface area contributed by atoms with Crippen molar-refractivity contribution in [3.8, 4) is 12.3 Å². The number of carbonyl (C=O) groups excluding carboxylic acids is 1. The van der Waals surface area contributed by atoms with Gasteiger partial charge in [0.05, 0.1) is 0 Å². The summed E-state index contributed by atoms with van der Waals surface area (Å²) in [6, 6.07) is 5.01. The first-order valence-corrected chi connectivity index (χ1v) is 4.31. The van der Waals surface area contributed by atoms with Gasteiger partial charge in [0.2, 0.25) is 0 Å². The van der Waals surface area contributed by atoms with E-state index in [1.807, 2.05) is 5.92 Å².